The minimum absolute atomic E-state index is 0.332. The van der Waals surface area contributed by atoms with Gasteiger partial charge in [0, 0.05) is 5.39 Å². The van der Waals surface area contributed by atoms with Crippen molar-refractivity contribution < 1.29 is 4.74 Å². The van der Waals surface area contributed by atoms with E-state index in [-0.39, 0.29) is 0 Å². The number of hydrogen-bond donors (Lipinski definition) is 1. The molecule has 0 fully saturated rings. The van der Waals surface area contributed by atoms with Crippen molar-refractivity contribution in [3.8, 4) is 11.6 Å². The second kappa shape index (κ2) is 4.81. The fourth-order valence-electron chi connectivity index (χ4n) is 1.66. The van der Waals surface area contributed by atoms with Crippen LogP contribution < -0.4 is 10.5 Å². The summed E-state index contributed by atoms with van der Waals surface area (Å²) in [6.07, 6.45) is 3.00. The molecule has 1 aromatic carbocycles. The number of aromatic nitrogens is 3. The Morgan fingerprint density at radius 3 is 2.84 bits per heavy atom. The first kappa shape index (κ1) is 11.9. The van der Waals surface area contributed by atoms with E-state index in [0.717, 1.165) is 10.9 Å². The molecule has 0 aliphatic rings. The van der Waals surface area contributed by atoms with Crippen molar-refractivity contribution in [3.05, 3.63) is 47.3 Å². The van der Waals surface area contributed by atoms with Crippen LogP contribution in [-0.2, 0) is 0 Å². The first-order valence-corrected chi connectivity index (χ1v) is 6.32. The van der Waals surface area contributed by atoms with E-state index in [4.69, 9.17) is 10.5 Å². The Hall–Kier alpha value is -2.21. The van der Waals surface area contributed by atoms with E-state index >= 15 is 0 Å². The molecule has 6 heteroatoms. The van der Waals surface area contributed by atoms with Crippen molar-refractivity contribution in [1.29, 1.82) is 0 Å². The zero-order valence-electron chi connectivity index (χ0n) is 9.75. The molecule has 2 heterocycles. The molecule has 2 N–H and O–H groups in total. The summed E-state index contributed by atoms with van der Waals surface area (Å²) in [7, 11) is 0. The van der Waals surface area contributed by atoms with Crippen LogP contribution in [0.15, 0.2) is 47.3 Å². The van der Waals surface area contributed by atoms with E-state index in [9.17, 15) is 0 Å². The van der Waals surface area contributed by atoms with Crippen molar-refractivity contribution in [1.82, 2.24) is 15.0 Å². The molecule has 0 aliphatic heterocycles. The van der Waals surface area contributed by atoms with Crippen LogP contribution in [0.5, 0.6) is 11.6 Å². The van der Waals surface area contributed by atoms with Gasteiger partial charge in [-0.05, 0) is 28.1 Å². The van der Waals surface area contributed by atoms with Crippen LogP contribution in [0.2, 0.25) is 0 Å². The third-order valence-electron chi connectivity index (χ3n) is 2.56. The van der Waals surface area contributed by atoms with Crippen molar-refractivity contribution in [2.75, 3.05) is 5.73 Å². The largest absolute Gasteiger partial charge is 0.436 e. The number of pyridine rings is 1. The fourth-order valence-corrected chi connectivity index (χ4v) is 1.94. The van der Waals surface area contributed by atoms with E-state index in [1.807, 2.05) is 30.3 Å². The van der Waals surface area contributed by atoms with E-state index in [1.165, 1.54) is 6.33 Å². The highest BCUT2D eigenvalue weighted by Crippen LogP contribution is 2.30. The summed E-state index contributed by atoms with van der Waals surface area (Å²) in [6, 6.07) is 9.70. The number of anilines is 1. The summed E-state index contributed by atoms with van der Waals surface area (Å²) < 4.78 is 6.19. The Kier molecular flexibility index (Phi) is 3.00. The van der Waals surface area contributed by atoms with E-state index in [0.29, 0.717) is 21.9 Å². The van der Waals surface area contributed by atoms with Gasteiger partial charge in [0.05, 0.1) is 11.7 Å². The second-order valence-electron chi connectivity index (χ2n) is 3.84. The number of ether oxygens (including phenoxy) is 1. The lowest BCUT2D eigenvalue weighted by atomic mass is 10.2. The molecule has 0 bridgehead atoms. The standard InChI is InChI=1S/C13H9BrN4O/c14-11-12(15)17-7-18-13(11)19-9-5-8-3-1-2-4-10(8)16-6-9/h1-7H,(H2,15,17,18). The number of rotatable bonds is 2. The molecule has 0 unspecified atom stereocenters. The number of para-hydroxylation sites is 1. The third-order valence-corrected chi connectivity index (χ3v) is 3.31. The topological polar surface area (TPSA) is 73.9 Å². The summed E-state index contributed by atoms with van der Waals surface area (Å²) in [6.45, 7) is 0. The summed E-state index contributed by atoms with van der Waals surface area (Å²) in [5.41, 5.74) is 6.58. The highest BCUT2D eigenvalue weighted by molar-refractivity contribution is 9.10. The molecule has 5 nitrogen and oxygen atoms in total. The second-order valence-corrected chi connectivity index (χ2v) is 4.64. The number of hydrogen-bond acceptors (Lipinski definition) is 5. The highest BCUT2D eigenvalue weighted by atomic mass is 79.9. The quantitative estimate of drug-likeness (QED) is 0.786. The van der Waals surface area contributed by atoms with Crippen molar-refractivity contribution >= 4 is 32.7 Å². The van der Waals surface area contributed by atoms with Crippen LogP contribution in [0.1, 0.15) is 0 Å². The third kappa shape index (κ3) is 2.34. The lowest BCUT2D eigenvalue weighted by molar-refractivity contribution is 0.457. The van der Waals surface area contributed by atoms with E-state index < -0.39 is 0 Å². The average Bonchev–Trinajstić information content (AvgIpc) is 2.44. The summed E-state index contributed by atoms with van der Waals surface area (Å²) in [5.74, 6) is 1.29. The van der Waals surface area contributed by atoms with Gasteiger partial charge in [0.15, 0.2) is 0 Å². The van der Waals surface area contributed by atoms with E-state index in [2.05, 4.69) is 30.9 Å². The molecule has 3 rings (SSSR count). The summed E-state index contributed by atoms with van der Waals surface area (Å²) in [4.78, 5) is 12.2. The molecule has 0 spiro atoms. The van der Waals surface area contributed by atoms with Crippen LogP contribution in [0.3, 0.4) is 0 Å². The lowest BCUT2D eigenvalue weighted by Crippen LogP contribution is -1.96. The normalized spacial score (nSPS) is 10.6. The van der Waals surface area contributed by atoms with Crippen LogP contribution in [-0.4, -0.2) is 15.0 Å². The monoisotopic (exact) mass is 316 g/mol. The molecular weight excluding hydrogens is 308 g/mol. The Morgan fingerprint density at radius 2 is 1.95 bits per heavy atom. The molecule has 0 saturated heterocycles. The minimum atomic E-state index is 0.332. The SMILES string of the molecule is Nc1ncnc(Oc2cnc3ccccc3c2)c1Br. The predicted octanol–water partition coefficient (Wildman–Crippen LogP) is 3.16. The summed E-state index contributed by atoms with van der Waals surface area (Å²) >= 11 is 3.29. The van der Waals surface area contributed by atoms with Crippen LogP contribution in [0.25, 0.3) is 10.9 Å². The zero-order valence-corrected chi connectivity index (χ0v) is 11.3. The number of nitrogens with two attached hydrogens (primary N) is 1. The van der Waals surface area contributed by atoms with Crippen LogP contribution in [0.4, 0.5) is 5.82 Å². The van der Waals surface area contributed by atoms with Gasteiger partial charge in [0.25, 0.3) is 0 Å². The molecule has 3 aromatic rings. The van der Waals surface area contributed by atoms with Gasteiger partial charge in [-0.2, -0.15) is 0 Å². The van der Waals surface area contributed by atoms with Crippen molar-refractivity contribution in [2.45, 2.75) is 0 Å². The van der Waals surface area contributed by atoms with Gasteiger partial charge in [0.1, 0.15) is 22.4 Å². The molecule has 0 amide bonds. The average molecular weight is 317 g/mol. The summed E-state index contributed by atoms with van der Waals surface area (Å²) in [5, 5.41) is 0.998. The minimum Gasteiger partial charge on any atom is -0.436 e. The maximum atomic E-state index is 5.67. The fraction of sp³-hybridized carbons (Fsp3) is 0. The van der Waals surface area contributed by atoms with Gasteiger partial charge >= 0.3 is 0 Å². The van der Waals surface area contributed by atoms with Crippen LogP contribution in [0, 0.1) is 0 Å². The lowest BCUT2D eigenvalue weighted by Gasteiger charge is -2.07. The predicted molar refractivity (Wildman–Crippen MR) is 76.0 cm³/mol. The van der Waals surface area contributed by atoms with Gasteiger partial charge in [0.2, 0.25) is 5.88 Å². The molecule has 0 saturated carbocycles. The number of halogens is 1. The van der Waals surface area contributed by atoms with Gasteiger partial charge in [-0.3, -0.25) is 4.98 Å². The Labute approximate surface area is 117 Å². The van der Waals surface area contributed by atoms with Crippen LogP contribution >= 0.6 is 15.9 Å². The smallest absolute Gasteiger partial charge is 0.238 e. The Bertz CT molecular complexity index is 748. The molecule has 0 atom stereocenters. The Morgan fingerprint density at radius 1 is 1.11 bits per heavy atom. The number of nitrogens with zero attached hydrogens (tertiary/aromatic N) is 3. The molecule has 94 valence electrons. The maximum absolute atomic E-state index is 5.67. The first-order chi connectivity index (χ1) is 9.24. The van der Waals surface area contributed by atoms with Gasteiger partial charge in [-0.25, -0.2) is 9.97 Å². The van der Waals surface area contributed by atoms with Gasteiger partial charge in [-0.1, -0.05) is 18.2 Å². The number of fused-ring (bicyclic) bond motifs is 1. The molecule has 0 aliphatic carbocycles. The zero-order chi connectivity index (χ0) is 13.2. The highest BCUT2D eigenvalue weighted by Gasteiger charge is 2.09. The first-order valence-electron chi connectivity index (χ1n) is 5.52. The van der Waals surface area contributed by atoms with Gasteiger partial charge in [-0.15, -0.1) is 0 Å². The number of benzene rings is 1. The molecular formula is C13H9BrN4O. The van der Waals surface area contributed by atoms with Crippen molar-refractivity contribution in [3.63, 3.8) is 0 Å². The van der Waals surface area contributed by atoms with Crippen molar-refractivity contribution in [2.24, 2.45) is 0 Å². The Balaban J connectivity index is 1.99. The molecule has 2 aromatic heterocycles. The van der Waals surface area contributed by atoms with Gasteiger partial charge < -0.3 is 10.5 Å². The molecule has 19 heavy (non-hydrogen) atoms. The maximum Gasteiger partial charge on any atom is 0.238 e. The number of nitrogen functional groups attached to an aromatic ring is 1. The molecule has 0 radical (unpaired) electrons. The van der Waals surface area contributed by atoms with E-state index in [1.54, 1.807) is 6.20 Å².